The van der Waals surface area contributed by atoms with E-state index in [0.717, 1.165) is 45.5 Å². The van der Waals surface area contributed by atoms with Crippen molar-refractivity contribution in [1.82, 2.24) is 15.0 Å². The molecule has 6 heteroatoms. The molecular formula is C22H13N3O2Si. The van der Waals surface area contributed by atoms with E-state index in [1.165, 1.54) is 11.5 Å². The number of para-hydroxylation sites is 1. The molecule has 0 aliphatic carbocycles. The summed E-state index contributed by atoms with van der Waals surface area (Å²) in [6.45, 7) is 0. The summed E-state index contributed by atoms with van der Waals surface area (Å²) in [5, 5.41) is 2.34. The standard InChI is InChI=1S/C22H13N3O2Si/c1-2-4-19-17(3-1)26-22-20(28-19)8-7-16(25-22)13-5-6-14-9-15-11-23-12-24-21(15)27-18(14)10-13/h1-8,10-12H,9H2. The van der Waals surface area contributed by atoms with Gasteiger partial charge < -0.3 is 9.47 Å². The molecule has 2 aliphatic rings. The molecule has 2 aromatic carbocycles. The van der Waals surface area contributed by atoms with Crippen molar-refractivity contribution in [2.24, 2.45) is 0 Å². The Kier molecular flexibility index (Phi) is 3.33. The topological polar surface area (TPSA) is 57.1 Å². The van der Waals surface area contributed by atoms with E-state index in [9.17, 15) is 0 Å². The van der Waals surface area contributed by atoms with E-state index in [-0.39, 0.29) is 0 Å². The highest BCUT2D eigenvalue weighted by Crippen LogP contribution is 2.37. The molecular weight excluding hydrogens is 366 g/mol. The van der Waals surface area contributed by atoms with Crippen LogP contribution in [0.15, 0.2) is 67.1 Å². The van der Waals surface area contributed by atoms with Crippen molar-refractivity contribution in [2.75, 3.05) is 0 Å². The fraction of sp³-hybridized carbons (Fsp3) is 0.0455. The van der Waals surface area contributed by atoms with Crippen molar-refractivity contribution >= 4 is 19.9 Å². The zero-order valence-electron chi connectivity index (χ0n) is 14.7. The summed E-state index contributed by atoms with van der Waals surface area (Å²) in [4.78, 5) is 13.1. The van der Waals surface area contributed by atoms with Gasteiger partial charge in [0.1, 0.15) is 27.3 Å². The van der Waals surface area contributed by atoms with Crippen LogP contribution >= 0.6 is 0 Å². The third kappa shape index (κ3) is 2.50. The summed E-state index contributed by atoms with van der Waals surface area (Å²) in [5.74, 6) is 3.02. The molecule has 0 atom stereocenters. The largest absolute Gasteiger partial charge is 0.439 e. The predicted octanol–water partition coefficient (Wildman–Crippen LogP) is 3.00. The minimum atomic E-state index is 0.556. The van der Waals surface area contributed by atoms with Gasteiger partial charge in [0.05, 0.1) is 5.69 Å². The summed E-state index contributed by atoms with van der Waals surface area (Å²) in [7, 11) is 0.556. The number of ether oxygens (including phenoxy) is 2. The van der Waals surface area contributed by atoms with Crippen molar-refractivity contribution in [1.29, 1.82) is 0 Å². The molecule has 0 N–H and O–H groups in total. The first-order valence-electron chi connectivity index (χ1n) is 8.98. The fourth-order valence-corrected chi connectivity index (χ4v) is 4.61. The van der Waals surface area contributed by atoms with Gasteiger partial charge in [-0.1, -0.05) is 36.4 Å². The highest BCUT2D eigenvalue weighted by molar-refractivity contribution is 6.69. The Labute approximate surface area is 163 Å². The molecule has 0 unspecified atom stereocenters. The molecule has 6 rings (SSSR count). The molecule has 5 nitrogen and oxygen atoms in total. The van der Waals surface area contributed by atoms with Crippen LogP contribution in [0.4, 0.5) is 0 Å². The molecule has 4 heterocycles. The van der Waals surface area contributed by atoms with Gasteiger partial charge in [-0.05, 0) is 28.9 Å². The summed E-state index contributed by atoms with van der Waals surface area (Å²) < 4.78 is 12.0. The molecule has 28 heavy (non-hydrogen) atoms. The fourth-order valence-electron chi connectivity index (χ4n) is 3.51. The van der Waals surface area contributed by atoms with Gasteiger partial charge >= 0.3 is 0 Å². The zero-order valence-corrected chi connectivity index (χ0v) is 15.7. The van der Waals surface area contributed by atoms with Crippen LogP contribution in [0.3, 0.4) is 0 Å². The van der Waals surface area contributed by atoms with Gasteiger partial charge in [-0.25, -0.2) is 15.0 Å². The first-order chi connectivity index (χ1) is 13.8. The van der Waals surface area contributed by atoms with E-state index in [1.807, 2.05) is 30.3 Å². The molecule has 4 aromatic rings. The van der Waals surface area contributed by atoms with Gasteiger partial charge in [-0.15, -0.1) is 0 Å². The van der Waals surface area contributed by atoms with Crippen molar-refractivity contribution in [3.63, 3.8) is 0 Å². The quantitative estimate of drug-likeness (QED) is 0.411. The van der Waals surface area contributed by atoms with Crippen LogP contribution in [0.1, 0.15) is 11.1 Å². The molecule has 0 amide bonds. The number of nitrogens with zero attached hydrogens (tertiary/aromatic N) is 3. The Morgan fingerprint density at radius 1 is 0.821 bits per heavy atom. The highest BCUT2D eigenvalue weighted by Gasteiger charge is 2.21. The average Bonchev–Trinajstić information content (AvgIpc) is 2.75. The number of hydrogen-bond donors (Lipinski definition) is 0. The first kappa shape index (κ1) is 15.5. The lowest BCUT2D eigenvalue weighted by Crippen LogP contribution is -2.34. The maximum atomic E-state index is 6.05. The maximum Gasteiger partial charge on any atom is 0.225 e. The second-order valence-corrected chi connectivity index (χ2v) is 8.05. The monoisotopic (exact) mass is 379 g/mol. The van der Waals surface area contributed by atoms with Crippen molar-refractivity contribution in [2.45, 2.75) is 6.42 Å². The Hall–Kier alpha value is -3.51. The van der Waals surface area contributed by atoms with Gasteiger partial charge in [0, 0.05) is 28.9 Å². The van der Waals surface area contributed by atoms with Gasteiger partial charge in [-0.2, -0.15) is 0 Å². The predicted molar refractivity (Wildman–Crippen MR) is 106 cm³/mol. The van der Waals surface area contributed by atoms with E-state index in [2.05, 4.69) is 34.2 Å². The number of pyridine rings is 1. The van der Waals surface area contributed by atoms with Crippen LogP contribution in [0, 0.1) is 0 Å². The Morgan fingerprint density at radius 2 is 1.75 bits per heavy atom. The molecule has 0 saturated carbocycles. The second-order valence-electron chi connectivity index (χ2n) is 6.73. The Morgan fingerprint density at radius 3 is 2.75 bits per heavy atom. The molecule has 0 bridgehead atoms. The van der Waals surface area contributed by atoms with Gasteiger partial charge in [0.15, 0.2) is 0 Å². The summed E-state index contributed by atoms with van der Waals surface area (Å²) in [6.07, 6.45) is 4.08. The summed E-state index contributed by atoms with van der Waals surface area (Å²) in [5.41, 5.74) is 3.98. The zero-order chi connectivity index (χ0) is 18.5. The lowest BCUT2D eigenvalue weighted by Gasteiger charge is -2.20. The molecule has 2 aromatic heterocycles. The second kappa shape index (κ2) is 6.00. The maximum absolute atomic E-state index is 6.05. The smallest absolute Gasteiger partial charge is 0.225 e. The Bertz CT molecular complexity index is 1150. The molecule has 2 radical (unpaired) electrons. The highest BCUT2D eigenvalue weighted by atomic mass is 28.2. The van der Waals surface area contributed by atoms with Crippen molar-refractivity contribution in [3.8, 4) is 34.5 Å². The number of fused-ring (bicyclic) bond motifs is 4. The molecule has 2 aliphatic heterocycles. The Balaban J connectivity index is 1.36. The van der Waals surface area contributed by atoms with Gasteiger partial charge in [0.2, 0.25) is 11.8 Å². The summed E-state index contributed by atoms with van der Waals surface area (Å²) in [6, 6.07) is 18.5. The van der Waals surface area contributed by atoms with E-state index in [0.29, 0.717) is 21.3 Å². The number of rotatable bonds is 1. The third-order valence-electron chi connectivity index (χ3n) is 4.92. The molecule has 0 fully saturated rings. The number of hydrogen-bond acceptors (Lipinski definition) is 5. The lowest BCUT2D eigenvalue weighted by molar-refractivity contribution is 0.439. The van der Waals surface area contributed by atoms with Crippen LogP contribution < -0.4 is 19.8 Å². The molecule has 0 spiro atoms. The average molecular weight is 379 g/mol. The van der Waals surface area contributed by atoms with Gasteiger partial charge in [-0.3, -0.25) is 0 Å². The van der Waals surface area contributed by atoms with Crippen LogP contribution in [0.25, 0.3) is 11.3 Å². The van der Waals surface area contributed by atoms with Gasteiger partial charge in [0.25, 0.3) is 0 Å². The molecule has 132 valence electrons. The van der Waals surface area contributed by atoms with E-state index >= 15 is 0 Å². The van der Waals surface area contributed by atoms with E-state index < -0.39 is 0 Å². The summed E-state index contributed by atoms with van der Waals surface area (Å²) >= 11 is 0. The third-order valence-corrected chi connectivity index (χ3v) is 6.25. The molecule has 0 saturated heterocycles. The number of benzene rings is 2. The van der Waals surface area contributed by atoms with E-state index in [4.69, 9.17) is 14.5 Å². The van der Waals surface area contributed by atoms with Crippen LogP contribution in [-0.4, -0.2) is 24.5 Å². The van der Waals surface area contributed by atoms with Crippen molar-refractivity contribution < 1.29 is 9.47 Å². The van der Waals surface area contributed by atoms with Crippen LogP contribution in [-0.2, 0) is 6.42 Å². The first-order valence-corrected chi connectivity index (χ1v) is 9.98. The minimum absolute atomic E-state index is 0.556. The van der Waals surface area contributed by atoms with Crippen LogP contribution in [0.2, 0.25) is 0 Å². The number of aromatic nitrogens is 3. The van der Waals surface area contributed by atoms with E-state index in [1.54, 1.807) is 6.20 Å². The normalized spacial score (nSPS) is 13.3. The van der Waals surface area contributed by atoms with Crippen LogP contribution in [0.5, 0.6) is 23.3 Å². The minimum Gasteiger partial charge on any atom is -0.439 e. The SMILES string of the molecule is c1ccc2c(c1)Oc1nc(-c3ccc4c(c3)Oc3ncncc3C4)ccc1[Si]2. The van der Waals surface area contributed by atoms with Crippen molar-refractivity contribution in [3.05, 3.63) is 78.2 Å². The lowest BCUT2D eigenvalue weighted by atomic mass is 10.0.